The predicted molar refractivity (Wildman–Crippen MR) is 120 cm³/mol. The molecular formula is C25H23N5O. The van der Waals surface area contributed by atoms with Crippen molar-refractivity contribution in [3.8, 4) is 11.1 Å². The Balaban J connectivity index is 1.33. The molecule has 2 N–H and O–H groups in total. The lowest BCUT2D eigenvalue weighted by Crippen LogP contribution is -2.15. The third kappa shape index (κ3) is 4.23. The van der Waals surface area contributed by atoms with Gasteiger partial charge in [-0.05, 0) is 65.6 Å². The molecule has 6 heteroatoms. The number of amides is 1. The van der Waals surface area contributed by atoms with Crippen LogP contribution in [-0.2, 0) is 19.3 Å². The molecule has 0 aliphatic heterocycles. The molecule has 2 aromatic heterocycles. The molecule has 1 amide bonds. The average Bonchev–Trinajstić information content (AvgIpc) is 3.28. The maximum atomic E-state index is 12.7. The van der Waals surface area contributed by atoms with Gasteiger partial charge in [0.25, 0.3) is 5.91 Å². The summed E-state index contributed by atoms with van der Waals surface area (Å²) >= 11 is 0. The summed E-state index contributed by atoms with van der Waals surface area (Å²) in [5.74, 6) is 0.965. The second kappa shape index (κ2) is 8.52. The minimum Gasteiger partial charge on any atom is -0.321 e. The van der Waals surface area contributed by atoms with Gasteiger partial charge < -0.3 is 10.3 Å². The maximum Gasteiger partial charge on any atom is 0.294 e. The number of hydrogen-bond acceptors (Lipinski definition) is 4. The number of carbonyl (C=O) groups excluding carboxylic acids is 1. The van der Waals surface area contributed by atoms with Gasteiger partial charge in [-0.3, -0.25) is 4.79 Å². The number of hydrogen-bond donors (Lipinski definition) is 2. The van der Waals surface area contributed by atoms with Crippen molar-refractivity contribution in [2.24, 2.45) is 0 Å². The van der Waals surface area contributed by atoms with E-state index in [0.717, 1.165) is 24.0 Å². The minimum atomic E-state index is -0.355. The molecule has 0 radical (unpaired) electrons. The van der Waals surface area contributed by atoms with E-state index in [4.69, 9.17) is 0 Å². The third-order valence-corrected chi connectivity index (χ3v) is 5.67. The largest absolute Gasteiger partial charge is 0.321 e. The van der Waals surface area contributed by atoms with Gasteiger partial charge in [-0.2, -0.15) is 0 Å². The average molecular weight is 409 g/mol. The zero-order valence-electron chi connectivity index (χ0n) is 17.1. The Bertz CT molecular complexity index is 1220. The molecule has 6 nitrogen and oxygen atoms in total. The van der Waals surface area contributed by atoms with Gasteiger partial charge in [-0.15, -0.1) is 10.2 Å². The first-order valence-electron chi connectivity index (χ1n) is 10.6. The first-order valence-corrected chi connectivity index (χ1v) is 10.6. The normalized spacial score (nSPS) is 12.9. The number of H-pyrrole nitrogens is 1. The lowest BCUT2D eigenvalue weighted by atomic mass is 9.86. The van der Waals surface area contributed by atoms with E-state index in [9.17, 15) is 4.79 Å². The Morgan fingerprint density at radius 3 is 2.74 bits per heavy atom. The molecule has 0 saturated heterocycles. The summed E-state index contributed by atoms with van der Waals surface area (Å²) in [5.41, 5.74) is 6.23. The van der Waals surface area contributed by atoms with Gasteiger partial charge in [0.15, 0.2) is 0 Å². The molecule has 2 aromatic carbocycles. The van der Waals surface area contributed by atoms with Crippen molar-refractivity contribution in [2.45, 2.75) is 32.1 Å². The minimum absolute atomic E-state index is 0.176. The maximum absolute atomic E-state index is 12.7. The summed E-state index contributed by atoms with van der Waals surface area (Å²) in [6, 6.07) is 20.3. The molecular weight excluding hydrogens is 386 g/mol. The zero-order valence-corrected chi connectivity index (χ0v) is 17.1. The van der Waals surface area contributed by atoms with E-state index in [1.165, 1.54) is 29.5 Å². The van der Waals surface area contributed by atoms with E-state index in [0.29, 0.717) is 18.1 Å². The lowest BCUT2D eigenvalue weighted by molar-refractivity contribution is 0.101. The number of rotatable bonds is 5. The molecule has 0 saturated carbocycles. The highest BCUT2D eigenvalue weighted by Gasteiger charge is 2.16. The zero-order chi connectivity index (χ0) is 21.0. The molecule has 2 heterocycles. The number of aromatic amines is 1. The summed E-state index contributed by atoms with van der Waals surface area (Å²) in [6.07, 6.45) is 7.02. The van der Waals surface area contributed by atoms with Crippen LogP contribution in [0.25, 0.3) is 11.1 Å². The van der Waals surface area contributed by atoms with Gasteiger partial charge in [0, 0.05) is 12.6 Å². The van der Waals surface area contributed by atoms with E-state index in [2.05, 4.69) is 43.7 Å². The van der Waals surface area contributed by atoms with Gasteiger partial charge in [0.1, 0.15) is 11.6 Å². The van der Waals surface area contributed by atoms with E-state index in [1.807, 2.05) is 42.5 Å². The fourth-order valence-electron chi connectivity index (χ4n) is 4.16. The highest BCUT2D eigenvalue weighted by Crippen LogP contribution is 2.32. The van der Waals surface area contributed by atoms with Crippen LogP contribution in [0.3, 0.4) is 0 Å². The number of anilines is 1. The number of fused-ring (bicyclic) bond motifs is 1. The number of benzene rings is 2. The van der Waals surface area contributed by atoms with Crippen molar-refractivity contribution in [1.82, 2.24) is 20.2 Å². The van der Waals surface area contributed by atoms with Crippen LogP contribution in [-0.4, -0.2) is 26.1 Å². The number of nitrogens with zero attached hydrogens (tertiary/aromatic N) is 3. The number of pyridine rings is 1. The molecule has 4 aromatic rings. The summed E-state index contributed by atoms with van der Waals surface area (Å²) < 4.78 is 0. The highest BCUT2D eigenvalue weighted by atomic mass is 16.2. The van der Waals surface area contributed by atoms with Crippen LogP contribution in [0.15, 0.2) is 66.9 Å². The summed E-state index contributed by atoms with van der Waals surface area (Å²) in [7, 11) is 0. The molecule has 5 rings (SSSR count). The van der Waals surface area contributed by atoms with Crippen molar-refractivity contribution in [1.29, 1.82) is 0 Å². The topological polar surface area (TPSA) is 83.6 Å². The van der Waals surface area contributed by atoms with Crippen molar-refractivity contribution in [3.63, 3.8) is 0 Å². The molecule has 0 bridgehead atoms. The summed E-state index contributed by atoms with van der Waals surface area (Å²) in [4.78, 5) is 20.0. The van der Waals surface area contributed by atoms with Gasteiger partial charge in [0.2, 0.25) is 5.82 Å². The Morgan fingerprint density at radius 2 is 1.84 bits per heavy atom. The smallest absolute Gasteiger partial charge is 0.294 e. The van der Waals surface area contributed by atoms with Crippen molar-refractivity contribution < 1.29 is 4.79 Å². The lowest BCUT2D eigenvalue weighted by Gasteiger charge is -2.19. The second-order valence-corrected chi connectivity index (χ2v) is 7.82. The van der Waals surface area contributed by atoms with Crippen molar-refractivity contribution >= 4 is 11.7 Å². The number of aryl methyl sites for hydroxylation is 1. The number of aromatic nitrogens is 4. The first kappa shape index (κ1) is 19.2. The molecule has 0 atom stereocenters. The van der Waals surface area contributed by atoms with Crippen LogP contribution in [0.5, 0.6) is 0 Å². The van der Waals surface area contributed by atoms with Crippen LogP contribution >= 0.6 is 0 Å². The fraction of sp³-hybridized carbons (Fsp3) is 0.200. The molecule has 0 fully saturated rings. The standard InChI is InChI=1S/C25H23N5O/c31-25(24-27-23(29-30-24)15-17-7-2-1-3-8-17)28-22-16-19(13-14-26-22)21-12-6-10-18-9-4-5-11-20(18)21/h1-3,6-8,10,12-14,16H,4-5,9,11,15H2,(H,26,28,31)(H,27,29,30). The van der Waals surface area contributed by atoms with Gasteiger partial charge >= 0.3 is 0 Å². The van der Waals surface area contributed by atoms with Crippen LogP contribution < -0.4 is 5.32 Å². The Hall–Kier alpha value is -3.80. The molecule has 0 spiro atoms. The van der Waals surface area contributed by atoms with Gasteiger partial charge in [-0.1, -0.05) is 48.5 Å². The molecule has 1 aliphatic rings. The fourth-order valence-corrected chi connectivity index (χ4v) is 4.16. The van der Waals surface area contributed by atoms with E-state index >= 15 is 0 Å². The molecule has 1 aliphatic carbocycles. The van der Waals surface area contributed by atoms with Crippen LogP contribution in [0, 0.1) is 0 Å². The van der Waals surface area contributed by atoms with E-state index in [-0.39, 0.29) is 11.7 Å². The van der Waals surface area contributed by atoms with Gasteiger partial charge in [-0.25, -0.2) is 4.98 Å². The van der Waals surface area contributed by atoms with E-state index < -0.39 is 0 Å². The predicted octanol–water partition coefficient (Wildman–Crippen LogP) is 4.59. The number of nitrogens with one attached hydrogen (secondary N) is 2. The SMILES string of the molecule is O=C(Nc1cc(-c2cccc3c2CCCC3)ccn1)c1nnc(Cc2ccccc2)[nH]1. The van der Waals surface area contributed by atoms with Crippen molar-refractivity contribution in [2.75, 3.05) is 5.32 Å². The van der Waals surface area contributed by atoms with Crippen LogP contribution in [0.1, 0.15) is 46.0 Å². The third-order valence-electron chi connectivity index (χ3n) is 5.67. The first-order chi connectivity index (χ1) is 15.3. The van der Waals surface area contributed by atoms with Crippen molar-refractivity contribution in [3.05, 3.63) is 95.2 Å². The quantitative estimate of drug-likeness (QED) is 0.505. The Kier molecular flexibility index (Phi) is 5.27. The Labute approximate surface area is 180 Å². The monoisotopic (exact) mass is 409 g/mol. The van der Waals surface area contributed by atoms with E-state index in [1.54, 1.807) is 6.20 Å². The van der Waals surface area contributed by atoms with Gasteiger partial charge in [0.05, 0.1) is 0 Å². The summed E-state index contributed by atoms with van der Waals surface area (Å²) in [5, 5.41) is 10.9. The van der Waals surface area contributed by atoms with Crippen LogP contribution in [0.2, 0.25) is 0 Å². The highest BCUT2D eigenvalue weighted by molar-refractivity contribution is 6.01. The molecule has 154 valence electrons. The second-order valence-electron chi connectivity index (χ2n) is 7.82. The van der Waals surface area contributed by atoms with Crippen LogP contribution in [0.4, 0.5) is 5.82 Å². The summed E-state index contributed by atoms with van der Waals surface area (Å²) in [6.45, 7) is 0. The number of carbonyl (C=O) groups is 1. The Morgan fingerprint density at radius 1 is 0.968 bits per heavy atom. The molecule has 31 heavy (non-hydrogen) atoms. The molecule has 0 unspecified atom stereocenters.